The summed E-state index contributed by atoms with van der Waals surface area (Å²) < 4.78 is 5.87. The Morgan fingerprint density at radius 1 is 1.09 bits per heavy atom. The molecule has 1 atom stereocenters. The fraction of sp³-hybridized carbons (Fsp3) is 0.296. The van der Waals surface area contributed by atoms with Gasteiger partial charge in [0.25, 0.3) is 5.91 Å². The highest BCUT2D eigenvalue weighted by Crippen LogP contribution is 2.32. The lowest BCUT2D eigenvalue weighted by molar-refractivity contribution is -0.138. The number of nitrogens with one attached hydrogen (secondary N) is 1. The predicted molar refractivity (Wildman–Crippen MR) is 132 cm³/mol. The molecule has 0 unspecified atom stereocenters. The zero-order chi connectivity index (χ0) is 24.7. The van der Waals surface area contributed by atoms with Gasteiger partial charge in [0.05, 0.1) is 6.54 Å². The number of rotatable bonds is 6. The molecular formula is C27H26ClN3O4. The zero-order valence-electron chi connectivity index (χ0n) is 19.6. The van der Waals surface area contributed by atoms with E-state index < -0.39 is 17.5 Å². The Balaban J connectivity index is 1.25. The van der Waals surface area contributed by atoms with Crippen LogP contribution in [0.5, 0.6) is 0 Å². The van der Waals surface area contributed by atoms with Crippen LogP contribution in [0, 0.1) is 0 Å². The van der Waals surface area contributed by atoms with E-state index >= 15 is 0 Å². The van der Waals surface area contributed by atoms with Crippen LogP contribution in [0.3, 0.4) is 0 Å². The first-order valence-corrected chi connectivity index (χ1v) is 12.0. The topological polar surface area (TPSA) is 82.9 Å². The van der Waals surface area contributed by atoms with Crippen molar-refractivity contribution in [2.45, 2.75) is 38.3 Å². The SMILES string of the molecule is CN(Cc1ccc(-c2ccc(Cl)cc2)o1)C(=O)CN1C(=O)N[C@](C)(c2ccc3c(c2)CCC3)C1=O. The number of hydrogen-bond acceptors (Lipinski definition) is 4. The van der Waals surface area contributed by atoms with E-state index in [1.165, 1.54) is 16.0 Å². The molecule has 0 radical (unpaired) electrons. The molecule has 2 heterocycles. The van der Waals surface area contributed by atoms with E-state index in [0.29, 0.717) is 16.5 Å². The number of benzene rings is 2. The van der Waals surface area contributed by atoms with Crippen molar-refractivity contribution in [3.05, 3.63) is 82.1 Å². The van der Waals surface area contributed by atoms with Crippen molar-refractivity contribution in [2.24, 2.45) is 0 Å². The number of hydrogen-bond donors (Lipinski definition) is 1. The van der Waals surface area contributed by atoms with Crippen molar-refractivity contribution in [3.8, 4) is 11.3 Å². The molecule has 180 valence electrons. The van der Waals surface area contributed by atoms with E-state index in [2.05, 4.69) is 5.32 Å². The van der Waals surface area contributed by atoms with Crippen LogP contribution in [0.15, 0.2) is 59.0 Å². The maximum absolute atomic E-state index is 13.3. The lowest BCUT2D eigenvalue weighted by atomic mass is 9.89. The van der Waals surface area contributed by atoms with Gasteiger partial charge in [-0.15, -0.1) is 0 Å². The average Bonchev–Trinajstić information content (AvgIpc) is 3.55. The number of amides is 4. The summed E-state index contributed by atoms with van der Waals surface area (Å²) in [4.78, 5) is 41.3. The summed E-state index contributed by atoms with van der Waals surface area (Å²) in [5.74, 6) is 0.462. The van der Waals surface area contributed by atoms with E-state index in [-0.39, 0.29) is 19.0 Å². The van der Waals surface area contributed by atoms with Gasteiger partial charge in [0.2, 0.25) is 5.91 Å². The highest BCUT2D eigenvalue weighted by molar-refractivity contribution is 6.30. The lowest BCUT2D eigenvalue weighted by Gasteiger charge is -2.23. The van der Waals surface area contributed by atoms with Crippen LogP contribution in [0.1, 0.15) is 35.8 Å². The van der Waals surface area contributed by atoms with E-state index in [0.717, 1.165) is 35.3 Å². The Hall–Kier alpha value is -3.58. The molecule has 2 aliphatic rings. The number of aryl methyl sites for hydroxylation is 2. The largest absolute Gasteiger partial charge is 0.459 e. The summed E-state index contributed by atoms with van der Waals surface area (Å²) >= 11 is 5.94. The third-order valence-electron chi connectivity index (χ3n) is 6.85. The normalized spacial score (nSPS) is 19.1. The number of furan rings is 1. The molecule has 1 saturated heterocycles. The Morgan fingerprint density at radius 3 is 2.60 bits per heavy atom. The van der Waals surface area contributed by atoms with Gasteiger partial charge in [0.15, 0.2) is 0 Å². The standard InChI is InChI=1S/C27H26ClN3O4/c1-27(20-9-6-17-4-3-5-19(17)14-20)25(33)31(26(34)29-27)16-24(32)30(2)15-22-12-13-23(35-22)18-7-10-21(28)11-8-18/h6-14H,3-5,15-16H2,1-2H3,(H,29,34)/t27-/m1/s1. The van der Waals surface area contributed by atoms with E-state index in [9.17, 15) is 14.4 Å². The first kappa shape index (κ1) is 23.2. The molecule has 0 spiro atoms. The number of urea groups is 1. The summed E-state index contributed by atoms with van der Waals surface area (Å²) in [5, 5.41) is 3.43. The lowest BCUT2D eigenvalue weighted by Crippen LogP contribution is -2.43. The molecule has 4 amide bonds. The van der Waals surface area contributed by atoms with Crippen LogP contribution in [0.25, 0.3) is 11.3 Å². The number of nitrogens with zero attached hydrogens (tertiary/aromatic N) is 2. The quantitative estimate of drug-likeness (QED) is 0.514. The van der Waals surface area contributed by atoms with Crippen molar-refractivity contribution in [1.29, 1.82) is 0 Å². The maximum Gasteiger partial charge on any atom is 0.325 e. The molecule has 1 aliphatic carbocycles. The van der Waals surface area contributed by atoms with Crippen LogP contribution in [0.4, 0.5) is 4.79 Å². The summed E-state index contributed by atoms with van der Waals surface area (Å²) in [7, 11) is 1.62. The highest BCUT2D eigenvalue weighted by Gasteiger charge is 2.49. The number of fused-ring (bicyclic) bond motifs is 1. The fourth-order valence-corrected chi connectivity index (χ4v) is 4.86. The van der Waals surface area contributed by atoms with E-state index in [1.807, 2.05) is 36.4 Å². The average molecular weight is 492 g/mol. The molecule has 0 saturated carbocycles. The molecule has 1 aliphatic heterocycles. The first-order valence-electron chi connectivity index (χ1n) is 11.6. The van der Waals surface area contributed by atoms with Gasteiger partial charge >= 0.3 is 6.03 Å². The molecule has 3 aromatic rings. The van der Waals surface area contributed by atoms with Crippen LogP contribution < -0.4 is 5.32 Å². The van der Waals surface area contributed by atoms with Crippen LogP contribution >= 0.6 is 11.6 Å². The Morgan fingerprint density at radius 2 is 1.83 bits per heavy atom. The number of imide groups is 1. The summed E-state index contributed by atoms with van der Waals surface area (Å²) in [6.07, 6.45) is 3.11. The number of likely N-dealkylation sites (N-methyl/N-ethyl adjacent to an activating group) is 1. The number of halogens is 1. The van der Waals surface area contributed by atoms with Gasteiger partial charge in [-0.3, -0.25) is 14.5 Å². The summed E-state index contributed by atoms with van der Waals surface area (Å²) in [6.45, 7) is 1.56. The van der Waals surface area contributed by atoms with Crippen molar-refractivity contribution in [3.63, 3.8) is 0 Å². The first-order chi connectivity index (χ1) is 16.7. The second-order valence-corrected chi connectivity index (χ2v) is 9.74. The summed E-state index contributed by atoms with van der Waals surface area (Å²) in [6, 6.07) is 16.3. The molecule has 7 nitrogen and oxygen atoms in total. The van der Waals surface area contributed by atoms with Gasteiger partial charge in [0, 0.05) is 17.6 Å². The van der Waals surface area contributed by atoms with Gasteiger partial charge in [0.1, 0.15) is 23.6 Å². The molecule has 1 aromatic heterocycles. The van der Waals surface area contributed by atoms with Crippen molar-refractivity contribution < 1.29 is 18.8 Å². The molecule has 8 heteroatoms. The number of carbonyl (C=O) groups excluding carboxylic acids is 3. The number of carbonyl (C=O) groups is 3. The second-order valence-electron chi connectivity index (χ2n) is 9.31. The van der Waals surface area contributed by atoms with E-state index in [4.69, 9.17) is 16.0 Å². The monoisotopic (exact) mass is 491 g/mol. The van der Waals surface area contributed by atoms with Crippen molar-refractivity contribution in [1.82, 2.24) is 15.1 Å². The molecule has 0 bridgehead atoms. The van der Waals surface area contributed by atoms with Gasteiger partial charge in [-0.1, -0.05) is 29.8 Å². The molecule has 35 heavy (non-hydrogen) atoms. The Bertz CT molecular complexity index is 1320. The zero-order valence-corrected chi connectivity index (χ0v) is 20.4. The van der Waals surface area contributed by atoms with Gasteiger partial charge in [-0.2, -0.15) is 0 Å². The van der Waals surface area contributed by atoms with Gasteiger partial charge in [-0.05, 0) is 79.3 Å². The van der Waals surface area contributed by atoms with Crippen LogP contribution in [-0.4, -0.2) is 41.2 Å². The van der Waals surface area contributed by atoms with Gasteiger partial charge in [-0.25, -0.2) is 4.79 Å². The molecule has 1 fully saturated rings. The van der Waals surface area contributed by atoms with Crippen molar-refractivity contribution in [2.75, 3.05) is 13.6 Å². The fourth-order valence-electron chi connectivity index (χ4n) is 4.73. The third kappa shape index (κ3) is 4.32. The van der Waals surface area contributed by atoms with Crippen LogP contribution in [0.2, 0.25) is 5.02 Å². The predicted octanol–water partition coefficient (Wildman–Crippen LogP) is 4.51. The molecular weight excluding hydrogens is 466 g/mol. The van der Waals surface area contributed by atoms with Crippen LogP contribution in [-0.2, 0) is 34.5 Å². The second kappa shape index (κ2) is 8.89. The third-order valence-corrected chi connectivity index (χ3v) is 7.11. The Labute approximate surface area is 208 Å². The van der Waals surface area contributed by atoms with E-state index in [1.54, 1.807) is 32.2 Å². The minimum absolute atomic E-state index is 0.207. The minimum atomic E-state index is -1.19. The van der Waals surface area contributed by atoms with Gasteiger partial charge < -0.3 is 14.6 Å². The maximum atomic E-state index is 13.3. The minimum Gasteiger partial charge on any atom is -0.459 e. The Kier molecular flexibility index (Phi) is 5.89. The molecule has 2 aromatic carbocycles. The molecule has 5 rings (SSSR count). The summed E-state index contributed by atoms with van der Waals surface area (Å²) in [5.41, 5.74) is 2.93. The highest BCUT2D eigenvalue weighted by atomic mass is 35.5. The smallest absolute Gasteiger partial charge is 0.325 e. The molecule has 1 N–H and O–H groups in total. The van der Waals surface area contributed by atoms with Crippen molar-refractivity contribution >= 4 is 29.4 Å².